The van der Waals surface area contributed by atoms with Crippen LogP contribution in [0.15, 0.2) is 0 Å². The molecule has 5 heteroatoms. The van der Waals surface area contributed by atoms with Gasteiger partial charge >= 0.3 is 51.4 Å². The molecule has 0 aromatic heterocycles. The van der Waals surface area contributed by atoms with Gasteiger partial charge in [-0.25, -0.2) is 0 Å². The Kier molecular flexibility index (Phi) is 9.91. The van der Waals surface area contributed by atoms with E-state index in [9.17, 15) is 9.90 Å². The summed E-state index contributed by atoms with van der Waals surface area (Å²) in [5.74, 6) is -1.13. The average Bonchev–Trinajstić information content (AvgIpc) is 1.65. The van der Waals surface area contributed by atoms with Crippen molar-refractivity contribution in [1.29, 1.82) is 0 Å². The van der Waals surface area contributed by atoms with Crippen LogP contribution < -0.4 is 62.2 Å². The van der Waals surface area contributed by atoms with E-state index in [1.165, 1.54) is 0 Å². The van der Waals surface area contributed by atoms with Crippen LogP contribution in [-0.4, -0.2) is 17.8 Å². The zero-order chi connectivity index (χ0) is 5.86. The average molecular weight is 159 g/mol. The van der Waals surface area contributed by atoms with E-state index in [0.717, 1.165) is 0 Å². The fourth-order valence-corrected chi connectivity index (χ4v) is 0.224. The second-order valence-electron chi connectivity index (χ2n) is 1.11. The molecular formula is C3H6KNO2S. The van der Waals surface area contributed by atoms with Crippen molar-refractivity contribution in [1.82, 2.24) is 0 Å². The van der Waals surface area contributed by atoms with Gasteiger partial charge in [-0.15, -0.1) is 0 Å². The van der Waals surface area contributed by atoms with Crippen molar-refractivity contribution in [3.05, 3.63) is 0 Å². The summed E-state index contributed by atoms with van der Waals surface area (Å²) >= 11 is 3.61. The summed E-state index contributed by atoms with van der Waals surface area (Å²) in [6.45, 7) is 0. The van der Waals surface area contributed by atoms with E-state index in [1.54, 1.807) is 0 Å². The molecule has 0 aromatic rings. The Morgan fingerprint density at radius 2 is 2.25 bits per heavy atom. The van der Waals surface area contributed by atoms with Crippen LogP contribution in [0.4, 0.5) is 0 Å². The molecule has 0 saturated carbocycles. The number of carbonyl (C=O) groups is 1. The molecule has 0 aromatic carbocycles. The van der Waals surface area contributed by atoms with E-state index in [4.69, 9.17) is 5.73 Å². The summed E-state index contributed by atoms with van der Waals surface area (Å²) in [5, 5.41) is 9.65. The molecule has 0 bridgehead atoms. The van der Waals surface area contributed by atoms with Crippen LogP contribution in [0, 0.1) is 0 Å². The fraction of sp³-hybridized carbons (Fsp3) is 0.667. The van der Waals surface area contributed by atoms with Crippen molar-refractivity contribution in [3.63, 3.8) is 0 Å². The Balaban J connectivity index is 0. The van der Waals surface area contributed by atoms with E-state index in [-0.39, 0.29) is 57.1 Å². The van der Waals surface area contributed by atoms with Crippen LogP contribution in [0.5, 0.6) is 0 Å². The minimum absolute atomic E-state index is 0. The Bertz CT molecular complexity index is 79.7. The third-order valence-corrected chi connectivity index (χ3v) is 0.893. The molecule has 0 saturated heterocycles. The molecule has 2 N–H and O–H groups in total. The van der Waals surface area contributed by atoms with Gasteiger partial charge < -0.3 is 15.6 Å². The van der Waals surface area contributed by atoms with Gasteiger partial charge in [0, 0.05) is 5.75 Å². The molecule has 1 atom stereocenters. The van der Waals surface area contributed by atoms with Gasteiger partial charge in [-0.2, -0.15) is 12.6 Å². The van der Waals surface area contributed by atoms with Crippen LogP contribution in [0.2, 0.25) is 0 Å². The minimum Gasteiger partial charge on any atom is -0.548 e. The first-order valence-electron chi connectivity index (χ1n) is 1.75. The molecule has 1 unspecified atom stereocenters. The summed E-state index contributed by atoms with van der Waals surface area (Å²) in [7, 11) is 0. The predicted octanol–water partition coefficient (Wildman–Crippen LogP) is -5.00. The molecule has 42 valence electrons. The molecule has 0 spiro atoms. The number of hydrogen-bond acceptors (Lipinski definition) is 4. The van der Waals surface area contributed by atoms with Gasteiger partial charge in [-0.3, -0.25) is 0 Å². The summed E-state index contributed by atoms with van der Waals surface area (Å²) in [5.41, 5.74) is 4.88. The van der Waals surface area contributed by atoms with E-state index in [0.29, 0.717) is 0 Å². The molecule has 0 aliphatic rings. The topological polar surface area (TPSA) is 66.2 Å². The van der Waals surface area contributed by atoms with E-state index >= 15 is 0 Å². The number of carboxylic acids is 1. The van der Waals surface area contributed by atoms with Crippen molar-refractivity contribution >= 4 is 18.6 Å². The molecule has 0 rings (SSSR count). The Labute approximate surface area is 95.8 Å². The van der Waals surface area contributed by atoms with Crippen molar-refractivity contribution in [2.24, 2.45) is 5.73 Å². The standard InChI is InChI=1S/C3H7NO2S.K/c4-2(1-7)3(5)6;/h2,7H,1,4H2,(H,5,6);/q;+1/p-1. The number of rotatable bonds is 2. The van der Waals surface area contributed by atoms with Crippen LogP contribution >= 0.6 is 12.6 Å². The van der Waals surface area contributed by atoms with E-state index in [1.807, 2.05) is 0 Å². The summed E-state index contributed by atoms with van der Waals surface area (Å²) < 4.78 is 0. The second-order valence-corrected chi connectivity index (χ2v) is 1.47. The monoisotopic (exact) mass is 159 g/mol. The fourth-order valence-electron chi connectivity index (χ4n) is 0.0745. The second kappa shape index (κ2) is 6.54. The van der Waals surface area contributed by atoms with Gasteiger partial charge in [0.05, 0.1) is 12.0 Å². The Morgan fingerprint density at radius 1 is 1.88 bits per heavy atom. The summed E-state index contributed by atoms with van der Waals surface area (Å²) in [4.78, 5) is 9.65. The largest absolute Gasteiger partial charge is 1.00 e. The SMILES string of the molecule is NC(CS)C(=O)[O-].[K+]. The molecule has 0 radical (unpaired) electrons. The van der Waals surface area contributed by atoms with Gasteiger partial charge in [0.25, 0.3) is 0 Å². The number of thiol groups is 1. The van der Waals surface area contributed by atoms with Gasteiger partial charge in [0.15, 0.2) is 0 Å². The van der Waals surface area contributed by atoms with Crippen molar-refractivity contribution in [3.8, 4) is 0 Å². The van der Waals surface area contributed by atoms with Crippen LogP contribution in [0.1, 0.15) is 0 Å². The maximum absolute atomic E-state index is 9.65. The van der Waals surface area contributed by atoms with Crippen LogP contribution in [-0.2, 0) is 4.79 Å². The molecule has 0 amide bonds. The molecular weight excluding hydrogens is 153 g/mol. The first-order chi connectivity index (χ1) is 3.18. The van der Waals surface area contributed by atoms with Gasteiger partial charge in [0.1, 0.15) is 0 Å². The molecule has 0 aliphatic heterocycles. The third kappa shape index (κ3) is 5.55. The Morgan fingerprint density at radius 3 is 2.25 bits per heavy atom. The molecule has 0 aliphatic carbocycles. The first kappa shape index (κ1) is 12.1. The Hall–Kier alpha value is 1.42. The maximum Gasteiger partial charge on any atom is 1.00 e. The van der Waals surface area contributed by atoms with Crippen LogP contribution in [0.25, 0.3) is 0 Å². The molecule has 0 fully saturated rings. The summed E-state index contributed by atoms with van der Waals surface area (Å²) in [6, 6.07) is -0.927. The molecule has 0 heterocycles. The minimum atomic E-state index is -1.25. The smallest absolute Gasteiger partial charge is 0.548 e. The van der Waals surface area contributed by atoms with Crippen molar-refractivity contribution in [2.75, 3.05) is 5.75 Å². The zero-order valence-electron chi connectivity index (χ0n) is 4.63. The van der Waals surface area contributed by atoms with Gasteiger partial charge in [-0.05, 0) is 0 Å². The normalized spacial score (nSPS) is 11.8. The van der Waals surface area contributed by atoms with Crippen LogP contribution in [0.3, 0.4) is 0 Å². The van der Waals surface area contributed by atoms with Gasteiger partial charge in [0.2, 0.25) is 0 Å². The van der Waals surface area contributed by atoms with E-state index in [2.05, 4.69) is 12.6 Å². The van der Waals surface area contributed by atoms with Crippen molar-refractivity contribution in [2.45, 2.75) is 6.04 Å². The molecule has 8 heavy (non-hydrogen) atoms. The first-order valence-corrected chi connectivity index (χ1v) is 2.39. The number of aliphatic carboxylic acids is 1. The maximum atomic E-state index is 9.65. The quantitative estimate of drug-likeness (QED) is 0.313. The molecule has 3 nitrogen and oxygen atoms in total. The predicted molar refractivity (Wildman–Crippen MR) is 26.8 cm³/mol. The number of nitrogens with two attached hydrogens (primary N) is 1. The van der Waals surface area contributed by atoms with Gasteiger partial charge in [-0.1, -0.05) is 0 Å². The zero-order valence-corrected chi connectivity index (χ0v) is 8.64. The number of hydrogen-bond donors (Lipinski definition) is 2. The number of carbonyl (C=O) groups excluding carboxylic acids is 1. The van der Waals surface area contributed by atoms with Crippen molar-refractivity contribution < 1.29 is 61.3 Å². The van der Waals surface area contributed by atoms with E-state index < -0.39 is 12.0 Å². The third-order valence-electron chi connectivity index (χ3n) is 0.499. The number of carboxylic acid groups (broad SMARTS) is 1. The summed E-state index contributed by atoms with van der Waals surface area (Å²) in [6.07, 6.45) is 0.